The second-order valence-electron chi connectivity index (χ2n) is 3.37. The molecule has 0 radical (unpaired) electrons. The molecule has 0 amide bonds. The maximum atomic E-state index is 13.2. The van der Waals surface area contributed by atoms with Gasteiger partial charge in [0, 0.05) is 5.56 Å². The van der Waals surface area contributed by atoms with Gasteiger partial charge in [-0.25, -0.2) is 4.39 Å². The summed E-state index contributed by atoms with van der Waals surface area (Å²) in [6, 6.07) is 1.58. The van der Waals surface area contributed by atoms with Crippen molar-refractivity contribution in [1.82, 2.24) is 0 Å². The van der Waals surface area contributed by atoms with Gasteiger partial charge < -0.3 is 15.6 Å². The van der Waals surface area contributed by atoms with E-state index in [1.165, 1.54) is 12.1 Å². The van der Waals surface area contributed by atoms with Crippen molar-refractivity contribution in [2.75, 3.05) is 7.11 Å². The van der Waals surface area contributed by atoms with Gasteiger partial charge in [0.05, 0.1) is 13.2 Å². The van der Waals surface area contributed by atoms with Gasteiger partial charge in [0.2, 0.25) is 0 Å². The van der Waals surface area contributed by atoms with E-state index in [2.05, 4.69) is 4.74 Å². The zero-order chi connectivity index (χ0) is 13.2. The van der Waals surface area contributed by atoms with Gasteiger partial charge in [-0.05, 0) is 6.07 Å². The molecule has 0 aromatic heterocycles. The molecule has 0 aliphatic heterocycles. The minimum atomic E-state index is -4.88. The Hall–Kier alpha value is -1.05. The Labute approximate surface area is 107 Å². The zero-order valence-electron chi connectivity index (χ0n) is 9.24. The molecule has 0 heterocycles. The van der Waals surface area contributed by atoms with Crippen molar-refractivity contribution >= 4 is 12.4 Å². The molecule has 0 saturated carbocycles. The van der Waals surface area contributed by atoms with Gasteiger partial charge in [0.25, 0.3) is 0 Å². The molecule has 3 nitrogen and oxygen atoms in total. The van der Waals surface area contributed by atoms with E-state index >= 15 is 0 Å². The fraction of sp³-hybridized carbons (Fsp3) is 0.400. The maximum absolute atomic E-state index is 13.2. The number of ether oxygens (including phenoxy) is 1. The highest BCUT2D eigenvalue weighted by Gasteiger charge is 2.43. The monoisotopic (exact) mass is 289 g/mol. The summed E-state index contributed by atoms with van der Waals surface area (Å²) in [5, 5.41) is 8.99. The van der Waals surface area contributed by atoms with Crippen LogP contribution in [0.25, 0.3) is 0 Å². The average molecular weight is 290 g/mol. The van der Waals surface area contributed by atoms with Crippen molar-refractivity contribution in [3.8, 4) is 5.75 Å². The second kappa shape index (κ2) is 6.21. The Kier molecular flexibility index (Phi) is 5.85. The molecule has 2 atom stereocenters. The standard InChI is InChI=1S/C10H11F4NO2.ClH/c1-17-8-5(3-2-4-6(8)11)7(15)9(16)10(12,13)14;/h2-4,7,9,16H,15H2,1H3;1H/t7-,9-;/m0./s1. The molecule has 3 N–H and O–H groups in total. The van der Waals surface area contributed by atoms with Gasteiger partial charge in [0.1, 0.15) is 0 Å². The summed E-state index contributed by atoms with van der Waals surface area (Å²) < 4.78 is 54.6. The third-order valence-corrected chi connectivity index (χ3v) is 2.24. The molecule has 0 unspecified atom stereocenters. The van der Waals surface area contributed by atoms with E-state index in [4.69, 9.17) is 10.8 Å². The number of aliphatic hydroxyl groups excluding tert-OH is 1. The van der Waals surface area contributed by atoms with E-state index in [0.29, 0.717) is 0 Å². The minimum Gasteiger partial charge on any atom is -0.493 e. The van der Waals surface area contributed by atoms with Gasteiger partial charge in [-0.2, -0.15) is 13.2 Å². The lowest BCUT2D eigenvalue weighted by atomic mass is 10.0. The summed E-state index contributed by atoms with van der Waals surface area (Å²) in [6.07, 6.45) is -7.66. The molecule has 0 bridgehead atoms. The Balaban J connectivity index is 0.00000289. The fourth-order valence-electron chi connectivity index (χ4n) is 1.38. The lowest BCUT2D eigenvalue weighted by molar-refractivity contribution is -0.210. The van der Waals surface area contributed by atoms with Crippen molar-refractivity contribution in [2.45, 2.75) is 18.3 Å². The summed E-state index contributed by atoms with van der Waals surface area (Å²) in [7, 11) is 1.11. The number of nitrogens with two attached hydrogens (primary N) is 1. The van der Waals surface area contributed by atoms with Crippen LogP contribution in [0.2, 0.25) is 0 Å². The molecule has 1 aromatic carbocycles. The first kappa shape index (κ1) is 16.9. The van der Waals surface area contributed by atoms with Crippen LogP contribution in [0.5, 0.6) is 5.75 Å². The Bertz CT molecular complexity index is 400. The van der Waals surface area contributed by atoms with Crippen LogP contribution in [0.15, 0.2) is 18.2 Å². The predicted molar refractivity (Wildman–Crippen MR) is 59.2 cm³/mol. The minimum absolute atomic E-state index is 0. The van der Waals surface area contributed by atoms with Crippen LogP contribution in [-0.2, 0) is 0 Å². The third kappa shape index (κ3) is 3.47. The predicted octanol–water partition coefficient (Wildman–Crippen LogP) is 2.18. The number of halogens is 5. The van der Waals surface area contributed by atoms with Gasteiger partial charge >= 0.3 is 6.18 Å². The molecule has 18 heavy (non-hydrogen) atoms. The lowest BCUT2D eigenvalue weighted by Gasteiger charge is -2.23. The van der Waals surface area contributed by atoms with Crippen LogP contribution in [0.1, 0.15) is 11.6 Å². The first-order chi connectivity index (χ1) is 7.79. The number of hydrogen-bond acceptors (Lipinski definition) is 3. The summed E-state index contributed by atoms with van der Waals surface area (Å²) >= 11 is 0. The van der Waals surface area contributed by atoms with Crippen LogP contribution in [0.4, 0.5) is 17.6 Å². The van der Waals surface area contributed by atoms with E-state index in [1.807, 2.05) is 0 Å². The Morgan fingerprint density at radius 3 is 2.33 bits per heavy atom. The van der Waals surface area contributed by atoms with E-state index in [0.717, 1.165) is 13.2 Å². The van der Waals surface area contributed by atoms with Crippen LogP contribution < -0.4 is 10.5 Å². The summed E-state index contributed by atoms with van der Waals surface area (Å²) in [5.41, 5.74) is 5.01. The lowest BCUT2D eigenvalue weighted by Crippen LogP contribution is -2.39. The molecular weight excluding hydrogens is 278 g/mol. The first-order valence-electron chi connectivity index (χ1n) is 4.61. The molecular formula is C10H12ClF4NO2. The average Bonchev–Trinajstić information content (AvgIpc) is 2.25. The van der Waals surface area contributed by atoms with E-state index in [1.54, 1.807) is 0 Å². The number of methoxy groups -OCH3 is 1. The van der Waals surface area contributed by atoms with Gasteiger partial charge in [0.15, 0.2) is 17.7 Å². The molecule has 0 aliphatic rings. The summed E-state index contributed by atoms with van der Waals surface area (Å²) in [5.74, 6) is -1.24. The molecule has 104 valence electrons. The van der Waals surface area contributed by atoms with Crippen molar-refractivity contribution in [3.63, 3.8) is 0 Å². The zero-order valence-corrected chi connectivity index (χ0v) is 10.1. The highest BCUT2D eigenvalue weighted by atomic mass is 35.5. The smallest absolute Gasteiger partial charge is 0.416 e. The van der Waals surface area contributed by atoms with Gasteiger partial charge in [-0.1, -0.05) is 12.1 Å². The van der Waals surface area contributed by atoms with E-state index in [-0.39, 0.29) is 18.0 Å². The normalized spacial score (nSPS) is 14.6. The summed E-state index contributed by atoms with van der Waals surface area (Å²) in [6.45, 7) is 0. The highest BCUT2D eigenvalue weighted by molar-refractivity contribution is 5.85. The number of hydrogen-bond donors (Lipinski definition) is 2. The number of alkyl halides is 3. The van der Waals surface area contributed by atoms with Crippen LogP contribution in [0, 0.1) is 5.82 Å². The number of aliphatic hydroxyl groups is 1. The van der Waals surface area contributed by atoms with Crippen LogP contribution in [0.3, 0.4) is 0 Å². The largest absolute Gasteiger partial charge is 0.493 e. The second-order valence-corrected chi connectivity index (χ2v) is 3.37. The quantitative estimate of drug-likeness (QED) is 0.839. The van der Waals surface area contributed by atoms with Crippen LogP contribution in [-0.4, -0.2) is 24.5 Å². The first-order valence-corrected chi connectivity index (χ1v) is 4.61. The Morgan fingerprint density at radius 1 is 1.33 bits per heavy atom. The van der Waals surface area contributed by atoms with Crippen molar-refractivity contribution in [2.24, 2.45) is 5.73 Å². The Morgan fingerprint density at radius 2 is 1.89 bits per heavy atom. The van der Waals surface area contributed by atoms with Crippen molar-refractivity contribution < 1.29 is 27.4 Å². The number of benzene rings is 1. The number of para-hydroxylation sites is 1. The summed E-state index contributed by atoms with van der Waals surface area (Å²) in [4.78, 5) is 0. The molecule has 0 saturated heterocycles. The molecule has 1 aromatic rings. The third-order valence-electron chi connectivity index (χ3n) is 2.24. The molecule has 8 heteroatoms. The van der Waals surface area contributed by atoms with E-state index < -0.39 is 29.9 Å². The molecule has 1 rings (SSSR count). The fourth-order valence-corrected chi connectivity index (χ4v) is 1.38. The van der Waals surface area contributed by atoms with Gasteiger partial charge in [-0.15, -0.1) is 12.4 Å². The molecule has 0 aliphatic carbocycles. The van der Waals surface area contributed by atoms with Gasteiger partial charge in [-0.3, -0.25) is 0 Å². The highest BCUT2D eigenvalue weighted by Crippen LogP contribution is 2.34. The maximum Gasteiger partial charge on any atom is 0.416 e. The topological polar surface area (TPSA) is 55.5 Å². The number of rotatable bonds is 3. The van der Waals surface area contributed by atoms with Crippen molar-refractivity contribution in [1.29, 1.82) is 0 Å². The molecule has 0 spiro atoms. The SMILES string of the molecule is COc1c(F)cccc1[C@H](N)[C@H](O)C(F)(F)F.Cl. The van der Waals surface area contributed by atoms with E-state index in [9.17, 15) is 17.6 Å². The molecule has 0 fully saturated rings. The van der Waals surface area contributed by atoms with Crippen molar-refractivity contribution in [3.05, 3.63) is 29.6 Å². The van der Waals surface area contributed by atoms with Crippen LogP contribution >= 0.6 is 12.4 Å².